The van der Waals surface area contributed by atoms with Crippen LogP contribution in [-0.4, -0.2) is 44.9 Å². The van der Waals surface area contributed by atoms with Crippen LogP contribution in [0.15, 0.2) is 48.5 Å². The summed E-state index contributed by atoms with van der Waals surface area (Å²) in [6.45, 7) is -0.186. The van der Waals surface area contributed by atoms with Gasteiger partial charge in [-0.05, 0) is 17.7 Å². The lowest BCUT2D eigenvalue weighted by Crippen LogP contribution is -2.26. The first-order valence-corrected chi connectivity index (χ1v) is 10.3. The molecule has 1 aliphatic rings. The van der Waals surface area contributed by atoms with E-state index in [2.05, 4.69) is 4.18 Å². The van der Waals surface area contributed by atoms with Crippen LogP contribution >= 0.6 is 0 Å². The van der Waals surface area contributed by atoms with Gasteiger partial charge >= 0.3 is 11.8 Å². The lowest BCUT2D eigenvalue weighted by atomic mass is 10.2. The largest absolute Gasteiger partial charge is 0.482 e. The molecular weight excluding hydrogens is 404 g/mol. The van der Waals surface area contributed by atoms with Crippen molar-refractivity contribution in [3.63, 3.8) is 0 Å². The lowest BCUT2D eigenvalue weighted by molar-refractivity contribution is -0.385. The Balaban J connectivity index is 1.74. The van der Waals surface area contributed by atoms with Crippen molar-refractivity contribution in [2.45, 2.75) is 12.7 Å². The van der Waals surface area contributed by atoms with Gasteiger partial charge in [-0.3, -0.25) is 19.2 Å². The van der Waals surface area contributed by atoms with Crippen molar-refractivity contribution in [3.8, 4) is 5.75 Å². The molecule has 1 atom stereocenters. The van der Waals surface area contributed by atoms with Crippen molar-refractivity contribution in [1.82, 2.24) is 0 Å². The van der Waals surface area contributed by atoms with Crippen LogP contribution in [0.4, 0.5) is 16.2 Å². The van der Waals surface area contributed by atoms with Gasteiger partial charge in [-0.2, -0.15) is 8.42 Å². The van der Waals surface area contributed by atoms with Crippen LogP contribution in [0.2, 0.25) is 0 Å². The van der Waals surface area contributed by atoms with E-state index in [1.165, 1.54) is 23.1 Å². The summed E-state index contributed by atoms with van der Waals surface area (Å²) < 4.78 is 37.4. The molecule has 0 spiro atoms. The van der Waals surface area contributed by atoms with Crippen molar-refractivity contribution < 1.29 is 31.8 Å². The van der Waals surface area contributed by atoms with Gasteiger partial charge in [-0.15, -0.1) is 0 Å². The van der Waals surface area contributed by atoms with Crippen LogP contribution < -0.4 is 9.64 Å². The molecule has 0 unspecified atom stereocenters. The molecule has 1 aliphatic heterocycles. The zero-order valence-corrected chi connectivity index (χ0v) is 16.2. The fourth-order valence-electron chi connectivity index (χ4n) is 2.69. The first-order chi connectivity index (χ1) is 13.7. The van der Waals surface area contributed by atoms with Gasteiger partial charge in [0.05, 0.1) is 23.4 Å². The van der Waals surface area contributed by atoms with E-state index in [1.54, 1.807) is 0 Å². The summed E-state index contributed by atoms with van der Waals surface area (Å²) in [5.41, 5.74) is 0.778. The van der Waals surface area contributed by atoms with E-state index in [4.69, 9.17) is 9.47 Å². The van der Waals surface area contributed by atoms with Crippen LogP contribution in [-0.2, 0) is 25.6 Å². The molecule has 2 aromatic rings. The maximum absolute atomic E-state index is 12.1. The summed E-state index contributed by atoms with van der Waals surface area (Å²) in [7, 11) is -3.68. The van der Waals surface area contributed by atoms with Crippen molar-refractivity contribution in [2.75, 3.05) is 24.3 Å². The zero-order valence-electron chi connectivity index (χ0n) is 15.4. The molecule has 0 N–H and O–H groups in total. The van der Waals surface area contributed by atoms with Crippen molar-refractivity contribution in [2.24, 2.45) is 0 Å². The molecule has 3 rings (SSSR count). The average Bonchev–Trinajstić information content (AvgIpc) is 3.05. The molecule has 1 amide bonds. The minimum atomic E-state index is -3.68. The van der Waals surface area contributed by atoms with Crippen molar-refractivity contribution in [3.05, 3.63) is 64.2 Å². The second-order valence-electron chi connectivity index (χ2n) is 6.29. The minimum Gasteiger partial charge on any atom is -0.482 e. The second kappa shape index (κ2) is 8.45. The number of nitro groups is 1. The maximum Gasteiger partial charge on any atom is 0.414 e. The molecule has 0 aliphatic carbocycles. The highest BCUT2D eigenvalue weighted by Gasteiger charge is 2.34. The smallest absolute Gasteiger partial charge is 0.414 e. The summed E-state index contributed by atoms with van der Waals surface area (Å²) in [6.07, 6.45) is -0.677. The van der Waals surface area contributed by atoms with Crippen LogP contribution in [0.1, 0.15) is 5.56 Å². The summed E-state index contributed by atoms with van der Waals surface area (Å²) in [4.78, 5) is 24.1. The molecule has 2 aromatic carbocycles. The normalized spacial score (nSPS) is 16.5. The van der Waals surface area contributed by atoms with Gasteiger partial charge in [0.25, 0.3) is 10.1 Å². The average molecular weight is 422 g/mol. The molecule has 29 heavy (non-hydrogen) atoms. The molecule has 0 radical (unpaired) electrons. The monoisotopic (exact) mass is 422 g/mol. The number of nitrogens with zero attached hydrogens (tertiary/aromatic N) is 2. The highest BCUT2D eigenvalue weighted by molar-refractivity contribution is 7.85. The third kappa shape index (κ3) is 5.42. The van der Waals surface area contributed by atoms with E-state index >= 15 is 0 Å². The van der Waals surface area contributed by atoms with Crippen molar-refractivity contribution in [1.29, 1.82) is 0 Å². The standard InChI is InChI=1S/C18H18N2O8S/c1-29(24,25)27-12-15-10-19(18(21)28-15)14-7-8-17(16(9-14)20(22)23)26-11-13-5-3-2-4-6-13/h2-9,15H,10-12H2,1H3/t15-/m1/s1. The number of ether oxygens (including phenoxy) is 2. The number of hydrogen-bond acceptors (Lipinski definition) is 8. The fraction of sp³-hybridized carbons (Fsp3) is 0.278. The molecule has 0 saturated carbocycles. The Bertz CT molecular complexity index is 1010. The van der Waals surface area contributed by atoms with Crippen LogP contribution in [0.3, 0.4) is 0 Å². The van der Waals surface area contributed by atoms with E-state index in [9.17, 15) is 23.3 Å². The SMILES string of the molecule is CS(=O)(=O)OC[C@H]1CN(c2ccc(OCc3ccccc3)c([N+](=O)[O-])c2)C(=O)O1. The highest BCUT2D eigenvalue weighted by Crippen LogP contribution is 2.33. The van der Waals surface area contributed by atoms with E-state index in [0.717, 1.165) is 11.8 Å². The highest BCUT2D eigenvalue weighted by atomic mass is 32.2. The predicted molar refractivity (Wildman–Crippen MR) is 102 cm³/mol. The zero-order chi connectivity index (χ0) is 21.0. The van der Waals surface area contributed by atoms with Gasteiger partial charge in [-0.25, -0.2) is 4.79 Å². The van der Waals surface area contributed by atoms with Gasteiger partial charge in [0.2, 0.25) is 0 Å². The summed E-state index contributed by atoms with van der Waals surface area (Å²) in [5, 5.41) is 11.5. The number of benzene rings is 2. The number of carbonyl (C=O) groups is 1. The van der Waals surface area contributed by atoms with Crippen LogP contribution in [0.25, 0.3) is 0 Å². The molecule has 11 heteroatoms. The maximum atomic E-state index is 12.1. The predicted octanol–water partition coefficient (Wildman–Crippen LogP) is 2.48. The fourth-order valence-corrected chi connectivity index (χ4v) is 3.09. The number of nitro benzene ring substituents is 1. The van der Waals surface area contributed by atoms with Gasteiger partial charge in [0, 0.05) is 6.07 Å². The lowest BCUT2D eigenvalue weighted by Gasteiger charge is -2.14. The number of carbonyl (C=O) groups excluding carboxylic acids is 1. The Kier molecular flexibility index (Phi) is 5.99. The van der Waals surface area contributed by atoms with Gasteiger partial charge in [-0.1, -0.05) is 30.3 Å². The molecule has 0 aromatic heterocycles. The topological polar surface area (TPSA) is 125 Å². The van der Waals surface area contributed by atoms with E-state index in [-0.39, 0.29) is 36.9 Å². The first-order valence-electron chi connectivity index (χ1n) is 8.50. The number of cyclic esters (lactones) is 1. The Morgan fingerprint density at radius 1 is 1.24 bits per heavy atom. The third-order valence-corrected chi connectivity index (χ3v) is 4.59. The Morgan fingerprint density at radius 2 is 1.97 bits per heavy atom. The van der Waals surface area contributed by atoms with Crippen LogP contribution in [0.5, 0.6) is 5.75 Å². The second-order valence-corrected chi connectivity index (χ2v) is 7.93. The van der Waals surface area contributed by atoms with E-state index in [1.807, 2.05) is 30.3 Å². The number of amides is 1. The van der Waals surface area contributed by atoms with Crippen molar-refractivity contribution >= 4 is 27.6 Å². The summed E-state index contributed by atoms with van der Waals surface area (Å²) >= 11 is 0. The third-order valence-electron chi connectivity index (χ3n) is 4.03. The van der Waals surface area contributed by atoms with Gasteiger partial charge in [0.15, 0.2) is 5.75 Å². The van der Waals surface area contributed by atoms with E-state index in [0.29, 0.717) is 0 Å². The molecule has 10 nitrogen and oxygen atoms in total. The first kappa shape index (κ1) is 20.6. The van der Waals surface area contributed by atoms with Crippen LogP contribution in [0, 0.1) is 10.1 Å². The quantitative estimate of drug-likeness (QED) is 0.361. The Hall–Kier alpha value is -3.18. The minimum absolute atomic E-state index is 0.00424. The molecule has 1 saturated heterocycles. The number of hydrogen-bond donors (Lipinski definition) is 0. The molecule has 0 bridgehead atoms. The molecule has 154 valence electrons. The van der Waals surface area contributed by atoms with Gasteiger partial charge < -0.3 is 9.47 Å². The van der Waals surface area contributed by atoms with Gasteiger partial charge in [0.1, 0.15) is 19.3 Å². The molecule has 1 fully saturated rings. The Morgan fingerprint density at radius 3 is 2.62 bits per heavy atom. The molecule has 1 heterocycles. The summed E-state index contributed by atoms with van der Waals surface area (Å²) in [5.74, 6) is 0.0622. The molecular formula is C18H18N2O8S. The number of rotatable bonds is 8. The van der Waals surface area contributed by atoms with E-state index < -0.39 is 27.2 Å². The summed E-state index contributed by atoms with van der Waals surface area (Å²) in [6, 6.07) is 13.3. The Labute approximate surface area is 166 Å². The number of anilines is 1.